The van der Waals surface area contributed by atoms with Crippen LogP contribution < -0.4 is 5.49 Å². The number of benzene rings is 1. The van der Waals surface area contributed by atoms with Gasteiger partial charge in [-0.15, -0.1) is 0 Å². The van der Waals surface area contributed by atoms with Gasteiger partial charge in [-0.05, 0) is 23.8 Å². The molecule has 1 aliphatic heterocycles. The minimum absolute atomic E-state index is 0.157. The smallest absolute Gasteiger partial charge is 0.397 e. The van der Waals surface area contributed by atoms with Crippen LogP contribution in [-0.2, 0) is 15.2 Å². The minimum atomic E-state index is -5.25. The molecule has 5 atom stereocenters. The molecular formula is C19H18ClF3N4O5. The Morgan fingerprint density at radius 2 is 1.88 bits per heavy atom. The molecule has 32 heavy (non-hydrogen) atoms. The quantitative estimate of drug-likeness (QED) is 0.425. The van der Waals surface area contributed by atoms with Crippen molar-refractivity contribution < 1.29 is 38.1 Å². The molecule has 0 bridgehead atoms. The Morgan fingerprint density at radius 3 is 2.50 bits per heavy atom. The molecule has 1 aromatic carbocycles. The highest BCUT2D eigenvalue weighted by Crippen LogP contribution is 2.48. The number of hydrogen-bond acceptors (Lipinski definition) is 7. The summed E-state index contributed by atoms with van der Waals surface area (Å²) in [7, 11) is 1.32. The Labute approximate surface area is 183 Å². The normalized spacial score (nSPS) is 26.4. The second kappa shape index (κ2) is 8.05. The van der Waals surface area contributed by atoms with Crippen LogP contribution in [0.3, 0.4) is 0 Å². The molecule has 0 aliphatic carbocycles. The van der Waals surface area contributed by atoms with Crippen molar-refractivity contribution in [3.05, 3.63) is 58.9 Å². The maximum absolute atomic E-state index is 14.1. The van der Waals surface area contributed by atoms with Gasteiger partial charge in [0, 0.05) is 11.2 Å². The summed E-state index contributed by atoms with van der Waals surface area (Å²) in [6.07, 6.45) is -10.2. The topological polar surface area (TPSA) is 125 Å². The fourth-order valence-corrected chi connectivity index (χ4v) is 3.93. The second-order valence-corrected chi connectivity index (χ2v) is 7.62. The van der Waals surface area contributed by atoms with Gasteiger partial charge in [0.1, 0.15) is 31.1 Å². The third kappa shape index (κ3) is 3.44. The zero-order valence-electron chi connectivity index (χ0n) is 16.4. The lowest BCUT2D eigenvalue weighted by atomic mass is 9.84. The Balaban J connectivity index is 1.79. The molecule has 4 rings (SSSR count). The number of nitrogens with zero attached hydrogens (tertiary/aromatic N) is 3. The van der Waals surface area contributed by atoms with Gasteiger partial charge in [0.15, 0.2) is 6.23 Å². The zero-order chi connectivity index (χ0) is 23.3. The van der Waals surface area contributed by atoms with Crippen molar-refractivity contribution in [2.45, 2.75) is 36.3 Å². The Morgan fingerprint density at radius 1 is 1.19 bits per heavy atom. The molecule has 1 fully saturated rings. The highest BCUT2D eigenvalue weighted by molar-refractivity contribution is 6.30. The Kier molecular flexibility index (Phi) is 5.67. The molecule has 4 N–H and O–H groups in total. The number of aliphatic hydroxyl groups excluding tert-OH is 2. The van der Waals surface area contributed by atoms with E-state index >= 15 is 0 Å². The molecule has 0 saturated carbocycles. The molecule has 13 heteroatoms. The Bertz CT molecular complexity index is 1180. The van der Waals surface area contributed by atoms with E-state index in [1.807, 2.05) is 0 Å². The van der Waals surface area contributed by atoms with Gasteiger partial charge in [-0.2, -0.15) is 13.2 Å². The van der Waals surface area contributed by atoms with Gasteiger partial charge in [0.05, 0.1) is 11.7 Å². The van der Waals surface area contributed by atoms with E-state index in [9.17, 15) is 28.5 Å². The van der Waals surface area contributed by atoms with Crippen LogP contribution >= 0.6 is 11.6 Å². The third-order valence-corrected chi connectivity index (χ3v) is 5.61. The third-order valence-electron chi connectivity index (χ3n) is 5.36. The second-order valence-electron chi connectivity index (χ2n) is 7.18. The summed E-state index contributed by atoms with van der Waals surface area (Å²) < 4.78 is 49.0. The van der Waals surface area contributed by atoms with Crippen molar-refractivity contribution in [3.63, 3.8) is 0 Å². The van der Waals surface area contributed by atoms with Crippen molar-refractivity contribution in [2.24, 2.45) is 5.16 Å². The molecule has 0 radical (unpaired) electrons. The first kappa shape index (κ1) is 22.6. The summed E-state index contributed by atoms with van der Waals surface area (Å²) >= 11 is 5.76. The Hall–Kier alpha value is -2.64. The van der Waals surface area contributed by atoms with Crippen molar-refractivity contribution in [1.82, 2.24) is 14.5 Å². The molecule has 3 heterocycles. The van der Waals surface area contributed by atoms with Crippen molar-refractivity contribution in [3.8, 4) is 0 Å². The lowest BCUT2D eigenvalue weighted by Crippen LogP contribution is -2.56. The number of aromatic nitrogens is 3. The zero-order valence-corrected chi connectivity index (χ0v) is 17.1. The van der Waals surface area contributed by atoms with Gasteiger partial charge in [-0.3, -0.25) is 0 Å². The van der Waals surface area contributed by atoms with Crippen LogP contribution in [0.25, 0.3) is 11.0 Å². The van der Waals surface area contributed by atoms with Gasteiger partial charge >= 0.3 is 6.18 Å². The van der Waals surface area contributed by atoms with Crippen LogP contribution in [0.4, 0.5) is 13.2 Å². The number of alkyl halides is 3. The molecule has 3 aromatic rings. The van der Waals surface area contributed by atoms with Crippen molar-refractivity contribution in [2.75, 3.05) is 7.11 Å². The van der Waals surface area contributed by atoms with Crippen LogP contribution in [0.1, 0.15) is 11.8 Å². The number of rotatable bonds is 4. The average molecular weight is 475 g/mol. The number of nitrogens with one attached hydrogen (secondary N) is 1. The van der Waals surface area contributed by atoms with Crippen molar-refractivity contribution >= 4 is 22.6 Å². The number of halogens is 4. The van der Waals surface area contributed by atoms with E-state index < -0.39 is 41.9 Å². The van der Waals surface area contributed by atoms with E-state index in [1.165, 1.54) is 42.4 Å². The molecular weight excluding hydrogens is 457 g/mol. The predicted molar refractivity (Wildman–Crippen MR) is 104 cm³/mol. The van der Waals surface area contributed by atoms with E-state index in [2.05, 4.69) is 15.1 Å². The summed E-state index contributed by atoms with van der Waals surface area (Å²) in [6.45, 7) is 0. The van der Waals surface area contributed by atoms with Crippen LogP contribution in [0.5, 0.6) is 0 Å². The maximum Gasteiger partial charge on any atom is 0.424 e. The first-order chi connectivity index (χ1) is 15.1. The molecule has 0 amide bonds. The first-order valence-electron chi connectivity index (χ1n) is 9.27. The number of H-pyrrole nitrogens is 1. The number of aliphatic hydroxyl groups is 3. The number of fused-ring (bicyclic) bond motifs is 1. The summed E-state index contributed by atoms with van der Waals surface area (Å²) in [5.41, 5.74) is -3.76. The van der Waals surface area contributed by atoms with Crippen LogP contribution in [0.2, 0.25) is 5.02 Å². The summed E-state index contributed by atoms with van der Waals surface area (Å²) in [5, 5.41) is 36.2. The van der Waals surface area contributed by atoms with Crippen LogP contribution in [0, 0.1) is 0 Å². The average Bonchev–Trinajstić information content (AvgIpc) is 3.30. The number of hydrogen-bond donors (Lipinski definition) is 4. The van der Waals surface area contributed by atoms with Crippen LogP contribution in [0.15, 0.2) is 48.0 Å². The van der Waals surface area contributed by atoms with Gasteiger partial charge in [0.2, 0.25) is 11.1 Å². The van der Waals surface area contributed by atoms with E-state index in [0.29, 0.717) is 5.39 Å². The largest absolute Gasteiger partial charge is 0.424 e. The molecule has 2 unspecified atom stereocenters. The van der Waals surface area contributed by atoms with Crippen LogP contribution in [-0.4, -0.2) is 61.5 Å². The van der Waals surface area contributed by atoms with Gasteiger partial charge in [0.25, 0.3) is 0 Å². The number of aromatic amines is 1. The molecule has 1 saturated heterocycles. The fourth-order valence-electron chi connectivity index (χ4n) is 3.80. The molecule has 172 valence electrons. The highest BCUT2D eigenvalue weighted by Gasteiger charge is 2.66. The van der Waals surface area contributed by atoms with E-state index in [0.717, 1.165) is 12.1 Å². The fraction of sp³-hybridized carbons (Fsp3) is 0.368. The van der Waals surface area contributed by atoms with Gasteiger partial charge in [-0.1, -0.05) is 28.9 Å². The van der Waals surface area contributed by atoms with Gasteiger partial charge in [-0.25, -0.2) is 4.98 Å². The minimum Gasteiger partial charge on any atom is -0.397 e. The van der Waals surface area contributed by atoms with E-state index in [4.69, 9.17) is 21.2 Å². The van der Waals surface area contributed by atoms with E-state index in [1.54, 1.807) is 0 Å². The van der Waals surface area contributed by atoms with Gasteiger partial charge < -0.3 is 34.4 Å². The monoisotopic (exact) mass is 474 g/mol. The number of ether oxygens (including phenoxy) is 1. The van der Waals surface area contributed by atoms with Crippen molar-refractivity contribution in [1.29, 1.82) is 0 Å². The summed E-state index contributed by atoms with van der Waals surface area (Å²) in [6, 6.07) is 5.83. The summed E-state index contributed by atoms with van der Waals surface area (Å²) in [4.78, 5) is 11.5. The molecule has 9 nitrogen and oxygen atoms in total. The lowest BCUT2D eigenvalue weighted by molar-refractivity contribution is -0.310. The molecule has 0 spiro atoms. The lowest BCUT2D eigenvalue weighted by Gasteiger charge is -2.37. The molecule has 2 aromatic heterocycles. The maximum atomic E-state index is 14.1. The highest BCUT2D eigenvalue weighted by atomic mass is 35.5. The molecule has 1 aliphatic rings. The SMILES string of the molecule is CON=c1nc[nH]c2c1ccn2[C@@H]1OC(C(O)(c2ccc(Cl)cc2)C(F)(F)F)[C@@H](O)[C@H]1O. The predicted octanol–water partition coefficient (Wildman–Crippen LogP) is 1.55. The summed E-state index contributed by atoms with van der Waals surface area (Å²) in [5.74, 6) is 0. The first-order valence-corrected chi connectivity index (χ1v) is 9.65. The van der Waals surface area contributed by atoms with E-state index in [-0.39, 0.29) is 16.2 Å². The standard InChI is InChI=1S/C19H18ClF3N4O5/c1-31-26-15-11-6-7-27(16(11)25-8-24-15)17-13(29)12(28)14(32-17)18(30,19(21,22)23)9-2-4-10(20)5-3-9/h2-8,12-14,17,28-30H,1H3,(H,24,25,26)/t12-,13+,14?,17+,18?/m0/s1.